The van der Waals surface area contributed by atoms with Crippen LogP contribution in [-0.2, 0) is 14.3 Å². The molecule has 0 saturated carbocycles. The van der Waals surface area contributed by atoms with E-state index in [0.717, 1.165) is 12.1 Å². The summed E-state index contributed by atoms with van der Waals surface area (Å²) in [7, 11) is 0. The second kappa shape index (κ2) is 8.81. The summed E-state index contributed by atoms with van der Waals surface area (Å²) in [6.07, 6.45) is -0.245. The first-order chi connectivity index (χ1) is 12.4. The van der Waals surface area contributed by atoms with E-state index in [4.69, 9.17) is 4.74 Å². The van der Waals surface area contributed by atoms with Crippen molar-refractivity contribution in [1.82, 2.24) is 0 Å². The van der Waals surface area contributed by atoms with Gasteiger partial charge in [-0.2, -0.15) is 0 Å². The minimum atomic E-state index is -0.846. The van der Waals surface area contributed by atoms with Gasteiger partial charge in [-0.3, -0.25) is 24.5 Å². The maximum Gasteiger partial charge on any atom is 0.306 e. The number of rotatable bonds is 8. The summed E-state index contributed by atoms with van der Waals surface area (Å²) in [6, 6.07) is 6.01. The first-order valence-corrected chi connectivity index (χ1v) is 8.21. The summed E-state index contributed by atoms with van der Waals surface area (Å²) in [5.74, 6) is -2.60. The molecule has 1 N–H and O–H groups in total. The fourth-order valence-electron chi connectivity index (χ4n) is 1.94. The van der Waals surface area contributed by atoms with Gasteiger partial charge in [0.2, 0.25) is 0 Å². The quantitative estimate of drug-likeness (QED) is 0.326. The SMILES string of the molecule is O=C(COC(=O)CCC(=O)c1cccs1)Nc1ccc(F)cc1[N+](=O)[O-]. The molecule has 0 aliphatic rings. The average Bonchev–Trinajstić information content (AvgIpc) is 3.14. The lowest BCUT2D eigenvalue weighted by Gasteiger charge is -2.07. The largest absolute Gasteiger partial charge is 0.456 e. The summed E-state index contributed by atoms with van der Waals surface area (Å²) in [6.45, 7) is -0.680. The molecule has 1 aromatic carbocycles. The molecule has 0 radical (unpaired) electrons. The molecule has 10 heteroatoms. The van der Waals surface area contributed by atoms with Crippen LogP contribution in [0.4, 0.5) is 15.8 Å². The number of ketones is 1. The number of hydrogen-bond acceptors (Lipinski definition) is 7. The van der Waals surface area contributed by atoms with Crippen LogP contribution in [0, 0.1) is 15.9 Å². The molecular weight excluding hydrogens is 367 g/mol. The van der Waals surface area contributed by atoms with Crippen molar-refractivity contribution in [1.29, 1.82) is 0 Å². The molecule has 0 aliphatic heterocycles. The highest BCUT2D eigenvalue weighted by atomic mass is 32.1. The van der Waals surface area contributed by atoms with Crippen LogP contribution in [0.3, 0.4) is 0 Å². The third-order valence-corrected chi connectivity index (χ3v) is 4.06. The molecule has 1 amide bonds. The second-order valence-electron chi connectivity index (χ2n) is 5.03. The Kier molecular flexibility index (Phi) is 6.50. The number of benzene rings is 1. The lowest BCUT2D eigenvalue weighted by atomic mass is 10.2. The molecule has 0 spiro atoms. The van der Waals surface area contributed by atoms with Crippen LogP contribution in [0.1, 0.15) is 22.5 Å². The molecule has 0 bridgehead atoms. The van der Waals surface area contributed by atoms with Gasteiger partial charge in [0.25, 0.3) is 11.6 Å². The van der Waals surface area contributed by atoms with E-state index in [9.17, 15) is 28.9 Å². The average molecular weight is 380 g/mol. The highest BCUT2D eigenvalue weighted by molar-refractivity contribution is 7.12. The Morgan fingerprint density at radius 3 is 2.65 bits per heavy atom. The fraction of sp³-hybridized carbons (Fsp3) is 0.188. The Hall–Kier alpha value is -3.14. The Morgan fingerprint density at radius 2 is 2.00 bits per heavy atom. The molecular formula is C16H13FN2O6S. The molecule has 26 heavy (non-hydrogen) atoms. The topological polar surface area (TPSA) is 116 Å². The number of nitro benzene ring substituents is 1. The van der Waals surface area contributed by atoms with Gasteiger partial charge >= 0.3 is 5.97 Å². The molecule has 0 unspecified atom stereocenters. The van der Waals surface area contributed by atoms with E-state index in [1.54, 1.807) is 17.5 Å². The molecule has 136 valence electrons. The van der Waals surface area contributed by atoms with E-state index in [-0.39, 0.29) is 24.3 Å². The second-order valence-corrected chi connectivity index (χ2v) is 5.98. The summed E-state index contributed by atoms with van der Waals surface area (Å²) < 4.78 is 17.8. The smallest absolute Gasteiger partial charge is 0.306 e. The zero-order valence-electron chi connectivity index (χ0n) is 13.3. The van der Waals surface area contributed by atoms with Crippen LogP contribution in [0.15, 0.2) is 35.7 Å². The van der Waals surface area contributed by atoms with Gasteiger partial charge in [-0.25, -0.2) is 4.39 Å². The van der Waals surface area contributed by atoms with Crippen molar-refractivity contribution in [3.8, 4) is 0 Å². The number of nitro groups is 1. The third-order valence-electron chi connectivity index (χ3n) is 3.15. The van der Waals surface area contributed by atoms with Crippen molar-refractivity contribution in [3.05, 3.63) is 56.5 Å². The zero-order chi connectivity index (χ0) is 19.1. The molecule has 2 aromatic rings. The third kappa shape index (κ3) is 5.45. The summed E-state index contributed by atoms with van der Waals surface area (Å²) >= 11 is 1.26. The molecule has 2 rings (SSSR count). The van der Waals surface area contributed by atoms with Crippen molar-refractivity contribution in [2.24, 2.45) is 0 Å². The Bertz CT molecular complexity index is 837. The van der Waals surface area contributed by atoms with E-state index in [0.29, 0.717) is 10.9 Å². The van der Waals surface area contributed by atoms with Crippen molar-refractivity contribution in [2.45, 2.75) is 12.8 Å². The van der Waals surface area contributed by atoms with Gasteiger partial charge in [-0.15, -0.1) is 11.3 Å². The number of esters is 1. The van der Waals surface area contributed by atoms with Crippen LogP contribution in [-0.4, -0.2) is 29.2 Å². The molecule has 0 atom stereocenters. The Balaban J connectivity index is 1.80. The van der Waals surface area contributed by atoms with Crippen LogP contribution in [0.5, 0.6) is 0 Å². The van der Waals surface area contributed by atoms with Crippen molar-refractivity contribution < 1.29 is 28.4 Å². The maximum absolute atomic E-state index is 13.0. The fourth-order valence-corrected chi connectivity index (χ4v) is 2.64. The molecule has 0 saturated heterocycles. The number of halogens is 1. The predicted octanol–water partition coefficient (Wildman–Crippen LogP) is 2.94. The summed E-state index contributed by atoms with van der Waals surface area (Å²) in [5, 5.41) is 14.8. The van der Waals surface area contributed by atoms with E-state index >= 15 is 0 Å². The van der Waals surface area contributed by atoms with E-state index in [1.165, 1.54) is 11.3 Å². The van der Waals surface area contributed by atoms with Gasteiger partial charge in [-0.05, 0) is 23.6 Å². The number of nitrogens with one attached hydrogen (secondary N) is 1. The van der Waals surface area contributed by atoms with Crippen LogP contribution >= 0.6 is 11.3 Å². The highest BCUT2D eigenvalue weighted by Gasteiger charge is 2.18. The van der Waals surface area contributed by atoms with Gasteiger partial charge in [0.1, 0.15) is 11.5 Å². The number of hydrogen-bond donors (Lipinski definition) is 1. The zero-order valence-corrected chi connectivity index (χ0v) is 14.1. The standard InChI is InChI=1S/C16H13FN2O6S/c17-10-3-4-11(12(8-10)19(23)24)18-15(21)9-25-16(22)6-5-13(20)14-2-1-7-26-14/h1-4,7-8H,5-6,9H2,(H,18,21). The van der Waals surface area contributed by atoms with Crippen LogP contribution < -0.4 is 5.32 Å². The number of anilines is 1. The molecule has 0 aliphatic carbocycles. The lowest BCUT2D eigenvalue weighted by Crippen LogP contribution is -2.21. The number of Topliss-reactive ketones (excluding diaryl/α,β-unsaturated/α-hetero) is 1. The van der Waals surface area contributed by atoms with Crippen LogP contribution in [0.25, 0.3) is 0 Å². The van der Waals surface area contributed by atoms with Crippen molar-refractivity contribution in [2.75, 3.05) is 11.9 Å². The Morgan fingerprint density at radius 1 is 1.23 bits per heavy atom. The minimum Gasteiger partial charge on any atom is -0.456 e. The minimum absolute atomic E-state index is 0.0512. The first-order valence-electron chi connectivity index (χ1n) is 7.33. The van der Waals surface area contributed by atoms with Crippen molar-refractivity contribution >= 4 is 40.4 Å². The molecule has 0 fully saturated rings. The number of thiophene rings is 1. The van der Waals surface area contributed by atoms with Gasteiger partial charge < -0.3 is 10.1 Å². The maximum atomic E-state index is 13.0. The van der Waals surface area contributed by atoms with E-state index in [2.05, 4.69) is 5.32 Å². The summed E-state index contributed by atoms with van der Waals surface area (Å²) in [5.41, 5.74) is -0.837. The normalized spacial score (nSPS) is 10.2. The number of amides is 1. The monoisotopic (exact) mass is 380 g/mol. The van der Waals surface area contributed by atoms with Gasteiger partial charge in [0.15, 0.2) is 12.4 Å². The van der Waals surface area contributed by atoms with Crippen molar-refractivity contribution in [3.63, 3.8) is 0 Å². The van der Waals surface area contributed by atoms with E-state index in [1.807, 2.05) is 0 Å². The number of carbonyl (C=O) groups is 3. The van der Waals surface area contributed by atoms with Gasteiger partial charge in [0.05, 0.1) is 22.3 Å². The van der Waals surface area contributed by atoms with Gasteiger partial charge in [0, 0.05) is 6.42 Å². The highest BCUT2D eigenvalue weighted by Crippen LogP contribution is 2.24. The summed E-state index contributed by atoms with van der Waals surface area (Å²) in [4.78, 5) is 45.6. The first kappa shape index (κ1) is 19.2. The number of ether oxygens (including phenoxy) is 1. The molecule has 1 heterocycles. The van der Waals surface area contributed by atoms with E-state index < -0.39 is 34.9 Å². The number of carbonyl (C=O) groups excluding carboxylic acids is 3. The number of nitrogens with zero attached hydrogens (tertiary/aromatic N) is 1. The predicted molar refractivity (Wildman–Crippen MR) is 90.5 cm³/mol. The molecule has 1 aromatic heterocycles. The molecule has 8 nitrogen and oxygen atoms in total. The van der Waals surface area contributed by atoms with Crippen LogP contribution in [0.2, 0.25) is 0 Å². The van der Waals surface area contributed by atoms with Gasteiger partial charge in [-0.1, -0.05) is 6.07 Å². The Labute approximate surface area is 150 Å². The lowest BCUT2D eigenvalue weighted by molar-refractivity contribution is -0.384.